The number of halogens is 1. The van der Waals surface area contributed by atoms with Crippen LogP contribution in [0.3, 0.4) is 0 Å². The topological polar surface area (TPSA) is 87.8 Å². The van der Waals surface area contributed by atoms with E-state index in [0.29, 0.717) is 21.7 Å². The largest absolute Gasteiger partial charge is 0.337 e. The number of carbonyl (C=O) groups is 1. The molecule has 8 heteroatoms. The number of fused-ring (bicyclic) bond motifs is 1. The van der Waals surface area contributed by atoms with E-state index in [1.807, 2.05) is 50.2 Å². The van der Waals surface area contributed by atoms with Crippen molar-refractivity contribution >= 4 is 44.5 Å². The Morgan fingerprint density at radius 1 is 1.30 bits per heavy atom. The first-order chi connectivity index (χ1) is 14.2. The second-order valence-corrected chi connectivity index (χ2v) is 9.20. The van der Waals surface area contributed by atoms with Crippen molar-refractivity contribution < 1.29 is 4.79 Å². The van der Waals surface area contributed by atoms with Crippen LogP contribution in [0, 0.1) is 17.2 Å². The standard InChI is InChI=1S/C22H21BrN4O2S/c1-14(2)22(3,13-24)26-19(28)12-30-21-25-18-10-9-15(23)11-17(18)20(29)27(21)16-7-5-4-6-8-16/h4-11,14H,12H2,1-3H3,(H,26,28)/t22-/m1/s1. The lowest BCUT2D eigenvalue weighted by Gasteiger charge is -2.27. The number of hydrogen-bond acceptors (Lipinski definition) is 5. The zero-order valence-corrected chi connectivity index (χ0v) is 19.3. The number of amides is 1. The van der Waals surface area contributed by atoms with E-state index in [2.05, 4.69) is 32.3 Å². The van der Waals surface area contributed by atoms with Gasteiger partial charge in [-0.15, -0.1) is 0 Å². The zero-order chi connectivity index (χ0) is 21.9. The number of nitriles is 1. The van der Waals surface area contributed by atoms with E-state index in [0.717, 1.165) is 16.2 Å². The third-order valence-electron chi connectivity index (χ3n) is 4.93. The van der Waals surface area contributed by atoms with Gasteiger partial charge in [0.15, 0.2) is 5.16 Å². The summed E-state index contributed by atoms with van der Waals surface area (Å²) in [5.74, 6) is -0.301. The van der Waals surface area contributed by atoms with Crippen LogP contribution in [0.4, 0.5) is 0 Å². The molecule has 1 heterocycles. The van der Waals surface area contributed by atoms with Gasteiger partial charge >= 0.3 is 0 Å². The number of nitrogens with one attached hydrogen (secondary N) is 1. The number of para-hydroxylation sites is 1. The molecule has 2 aromatic carbocycles. The zero-order valence-electron chi connectivity index (χ0n) is 16.8. The Labute approximate surface area is 187 Å². The second kappa shape index (κ2) is 9.02. The first-order valence-corrected chi connectivity index (χ1v) is 11.2. The van der Waals surface area contributed by atoms with Gasteiger partial charge in [0.25, 0.3) is 5.56 Å². The molecular weight excluding hydrogens is 464 g/mol. The van der Waals surface area contributed by atoms with E-state index in [1.165, 1.54) is 4.57 Å². The Morgan fingerprint density at radius 3 is 2.63 bits per heavy atom. The molecule has 0 aliphatic heterocycles. The molecule has 1 aromatic heterocycles. The summed E-state index contributed by atoms with van der Waals surface area (Å²) in [6.07, 6.45) is 0. The third kappa shape index (κ3) is 4.58. The number of hydrogen-bond donors (Lipinski definition) is 1. The summed E-state index contributed by atoms with van der Waals surface area (Å²) in [6, 6.07) is 16.7. The van der Waals surface area contributed by atoms with Crippen molar-refractivity contribution in [3.05, 3.63) is 63.4 Å². The van der Waals surface area contributed by atoms with Crippen molar-refractivity contribution in [1.29, 1.82) is 5.26 Å². The smallest absolute Gasteiger partial charge is 0.266 e. The van der Waals surface area contributed by atoms with Crippen LogP contribution in [0.25, 0.3) is 16.6 Å². The van der Waals surface area contributed by atoms with Gasteiger partial charge in [-0.2, -0.15) is 5.26 Å². The molecule has 3 aromatic rings. The van der Waals surface area contributed by atoms with Gasteiger partial charge in [0.1, 0.15) is 5.54 Å². The summed E-state index contributed by atoms with van der Waals surface area (Å²) < 4.78 is 2.30. The molecule has 0 bridgehead atoms. The highest BCUT2D eigenvalue weighted by molar-refractivity contribution is 9.10. The molecule has 0 saturated carbocycles. The fraction of sp³-hybridized carbons (Fsp3) is 0.273. The van der Waals surface area contributed by atoms with E-state index in [1.54, 1.807) is 19.1 Å². The van der Waals surface area contributed by atoms with Crippen LogP contribution in [0.1, 0.15) is 20.8 Å². The van der Waals surface area contributed by atoms with E-state index < -0.39 is 5.54 Å². The second-order valence-electron chi connectivity index (χ2n) is 7.34. The highest BCUT2D eigenvalue weighted by Gasteiger charge is 2.30. The first-order valence-electron chi connectivity index (χ1n) is 9.38. The lowest BCUT2D eigenvalue weighted by atomic mass is 9.90. The summed E-state index contributed by atoms with van der Waals surface area (Å²) in [5, 5.41) is 13.1. The highest BCUT2D eigenvalue weighted by Crippen LogP contribution is 2.23. The van der Waals surface area contributed by atoms with Gasteiger partial charge in [0, 0.05) is 4.47 Å². The molecule has 0 unspecified atom stereocenters. The minimum atomic E-state index is -0.959. The normalized spacial score (nSPS) is 13.1. The number of aromatic nitrogens is 2. The first kappa shape index (κ1) is 22.1. The van der Waals surface area contributed by atoms with Crippen molar-refractivity contribution in [2.45, 2.75) is 31.5 Å². The van der Waals surface area contributed by atoms with Gasteiger partial charge in [-0.3, -0.25) is 14.2 Å². The van der Waals surface area contributed by atoms with E-state index >= 15 is 0 Å². The monoisotopic (exact) mass is 484 g/mol. The van der Waals surface area contributed by atoms with Crippen LogP contribution in [-0.2, 0) is 4.79 Å². The number of nitrogens with zero attached hydrogens (tertiary/aromatic N) is 3. The maximum Gasteiger partial charge on any atom is 0.266 e. The van der Waals surface area contributed by atoms with Crippen molar-refractivity contribution in [2.24, 2.45) is 5.92 Å². The average Bonchev–Trinajstić information content (AvgIpc) is 2.73. The Kier molecular flexibility index (Phi) is 6.64. The lowest BCUT2D eigenvalue weighted by Crippen LogP contribution is -2.49. The van der Waals surface area contributed by atoms with Crippen LogP contribution in [0.5, 0.6) is 0 Å². The van der Waals surface area contributed by atoms with Crippen LogP contribution < -0.4 is 10.9 Å². The lowest BCUT2D eigenvalue weighted by molar-refractivity contribution is -0.120. The molecule has 3 rings (SSSR count). The van der Waals surface area contributed by atoms with Gasteiger partial charge in [-0.1, -0.05) is 59.7 Å². The van der Waals surface area contributed by atoms with Gasteiger partial charge in [-0.25, -0.2) is 4.98 Å². The fourth-order valence-corrected chi connectivity index (χ4v) is 3.97. The van der Waals surface area contributed by atoms with E-state index in [-0.39, 0.29) is 23.1 Å². The SMILES string of the molecule is CC(C)[C@@](C)(C#N)NC(=O)CSc1nc2ccc(Br)cc2c(=O)n1-c1ccccc1. The van der Waals surface area contributed by atoms with Crippen LogP contribution >= 0.6 is 27.7 Å². The molecule has 154 valence electrons. The molecule has 6 nitrogen and oxygen atoms in total. The summed E-state index contributed by atoms with van der Waals surface area (Å²) in [6.45, 7) is 5.46. The molecule has 0 aliphatic carbocycles. The quantitative estimate of drug-likeness (QED) is 0.416. The number of thioether (sulfide) groups is 1. The summed E-state index contributed by atoms with van der Waals surface area (Å²) in [4.78, 5) is 30.4. The molecular formula is C22H21BrN4O2S. The maximum absolute atomic E-state index is 13.3. The summed E-state index contributed by atoms with van der Waals surface area (Å²) in [7, 11) is 0. The number of carbonyl (C=O) groups excluding carboxylic acids is 1. The predicted octanol–water partition coefficient (Wildman–Crippen LogP) is 4.29. The third-order valence-corrected chi connectivity index (χ3v) is 6.36. The number of rotatable bonds is 6. The molecule has 1 amide bonds. The van der Waals surface area contributed by atoms with E-state index in [9.17, 15) is 14.9 Å². The van der Waals surface area contributed by atoms with E-state index in [4.69, 9.17) is 0 Å². The van der Waals surface area contributed by atoms with Gasteiger partial charge in [-0.05, 0) is 43.2 Å². The van der Waals surface area contributed by atoms with Gasteiger partial charge < -0.3 is 5.32 Å². The van der Waals surface area contributed by atoms with Gasteiger partial charge in [0.05, 0.1) is 28.4 Å². The summed E-state index contributed by atoms with van der Waals surface area (Å²) in [5.41, 5.74) is 0.0606. The molecule has 0 aliphatic rings. The van der Waals surface area contributed by atoms with Crippen molar-refractivity contribution in [3.8, 4) is 11.8 Å². The average molecular weight is 485 g/mol. The Hall–Kier alpha value is -2.63. The minimum absolute atomic E-state index is 0.0330. The molecule has 0 radical (unpaired) electrons. The van der Waals surface area contributed by atoms with Gasteiger partial charge in [0.2, 0.25) is 5.91 Å². The fourth-order valence-electron chi connectivity index (χ4n) is 2.80. The molecule has 1 atom stereocenters. The molecule has 0 spiro atoms. The van der Waals surface area contributed by atoms with Crippen LogP contribution in [0.15, 0.2) is 63.0 Å². The minimum Gasteiger partial charge on any atom is -0.337 e. The van der Waals surface area contributed by atoms with Crippen molar-refractivity contribution in [3.63, 3.8) is 0 Å². The molecule has 0 fully saturated rings. The number of benzene rings is 2. The Bertz CT molecular complexity index is 1190. The van der Waals surface area contributed by atoms with Crippen molar-refractivity contribution in [1.82, 2.24) is 14.9 Å². The van der Waals surface area contributed by atoms with Crippen molar-refractivity contribution in [2.75, 3.05) is 5.75 Å². The Balaban J connectivity index is 1.99. The molecule has 30 heavy (non-hydrogen) atoms. The summed E-state index contributed by atoms with van der Waals surface area (Å²) >= 11 is 4.57. The predicted molar refractivity (Wildman–Crippen MR) is 123 cm³/mol. The van der Waals surface area contributed by atoms with Crippen LogP contribution in [-0.4, -0.2) is 26.8 Å². The molecule has 1 N–H and O–H groups in total. The Morgan fingerprint density at radius 2 is 2.00 bits per heavy atom. The maximum atomic E-state index is 13.3. The highest BCUT2D eigenvalue weighted by atomic mass is 79.9. The molecule has 0 saturated heterocycles. The van der Waals surface area contributed by atoms with Crippen LogP contribution in [0.2, 0.25) is 0 Å².